The summed E-state index contributed by atoms with van der Waals surface area (Å²) < 4.78 is 37.9. The molecular formula is C11H12F3N3O. The monoisotopic (exact) mass is 259 g/mol. The summed E-state index contributed by atoms with van der Waals surface area (Å²) in [4.78, 5) is 11.4. The van der Waals surface area contributed by atoms with Gasteiger partial charge in [0.1, 0.15) is 0 Å². The standard InChI is InChI=1S/C11H12F3N3O/c1-16-10(15)17-9(18)6-7-4-2-3-5-8(7)11(12,13)14/h2-5H,6H2,1H3,(H3,15,16,17,18). The molecule has 0 radical (unpaired) electrons. The molecule has 0 bridgehead atoms. The molecule has 7 heteroatoms. The van der Waals surface area contributed by atoms with Gasteiger partial charge in [0.15, 0.2) is 5.96 Å². The van der Waals surface area contributed by atoms with E-state index >= 15 is 0 Å². The minimum absolute atomic E-state index is 0.119. The number of halogens is 3. The van der Waals surface area contributed by atoms with Gasteiger partial charge in [0, 0.05) is 7.05 Å². The first kappa shape index (κ1) is 14.0. The fraction of sp³-hybridized carbons (Fsp3) is 0.273. The molecule has 0 heterocycles. The van der Waals surface area contributed by atoms with Gasteiger partial charge in [0.25, 0.3) is 0 Å². The van der Waals surface area contributed by atoms with Crippen molar-refractivity contribution in [2.75, 3.05) is 7.05 Å². The Hall–Kier alpha value is -2.05. The molecule has 0 saturated carbocycles. The summed E-state index contributed by atoms with van der Waals surface area (Å²) in [5.74, 6) is -0.935. The number of benzene rings is 1. The molecule has 4 nitrogen and oxygen atoms in total. The van der Waals surface area contributed by atoms with Gasteiger partial charge in [-0.25, -0.2) is 0 Å². The van der Waals surface area contributed by atoms with Crippen molar-refractivity contribution in [3.8, 4) is 0 Å². The molecule has 0 spiro atoms. The largest absolute Gasteiger partial charge is 0.416 e. The zero-order valence-corrected chi connectivity index (χ0v) is 9.56. The molecule has 18 heavy (non-hydrogen) atoms. The first-order valence-corrected chi connectivity index (χ1v) is 5.06. The van der Waals surface area contributed by atoms with Crippen LogP contribution in [0.25, 0.3) is 0 Å². The van der Waals surface area contributed by atoms with Crippen LogP contribution in [0.5, 0.6) is 0 Å². The van der Waals surface area contributed by atoms with E-state index in [2.05, 4.69) is 10.6 Å². The Balaban J connectivity index is 2.85. The van der Waals surface area contributed by atoms with E-state index in [4.69, 9.17) is 5.41 Å². The van der Waals surface area contributed by atoms with Gasteiger partial charge in [0.05, 0.1) is 12.0 Å². The number of amides is 1. The van der Waals surface area contributed by atoms with E-state index < -0.39 is 24.1 Å². The fourth-order valence-electron chi connectivity index (χ4n) is 1.37. The van der Waals surface area contributed by atoms with Crippen LogP contribution in [0.1, 0.15) is 11.1 Å². The van der Waals surface area contributed by atoms with E-state index in [0.29, 0.717) is 0 Å². The molecule has 0 unspecified atom stereocenters. The topological polar surface area (TPSA) is 65.0 Å². The van der Waals surface area contributed by atoms with Crippen LogP contribution in [0.15, 0.2) is 24.3 Å². The highest BCUT2D eigenvalue weighted by molar-refractivity contribution is 5.96. The number of hydrogen-bond acceptors (Lipinski definition) is 2. The Bertz CT molecular complexity index is 457. The number of hydrogen-bond donors (Lipinski definition) is 3. The molecule has 98 valence electrons. The van der Waals surface area contributed by atoms with Crippen molar-refractivity contribution >= 4 is 11.9 Å². The van der Waals surface area contributed by atoms with Gasteiger partial charge in [-0.05, 0) is 11.6 Å². The van der Waals surface area contributed by atoms with E-state index in [9.17, 15) is 18.0 Å². The molecule has 0 aromatic heterocycles. The number of carbonyl (C=O) groups is 1. The minimum Gasteiger partial charge on any atom is -0.359 e. The highest BCUT2D eigenvalue weighted by Gasteiger charge is 2.33. The number of guanidine groups is 1. The van der Waals surface area contributed by atoms with Gasteiger partial charge in [-0.2, -0.15) is 13.2 Å². The lowest BCUT2D eigenvalue weighted by atomic mass is 10.0. The number of rotatable bonds is 2. The highest BCUT2D eigenvalue weighted by atomic mass is 19.4. The zero-order valence-electron chi connectivity index (χ0n) is 9.56. The lowest BCUT2D eigenvalue weighted by Gasteiger charge is -2.12. The summed E-state index contributed by atoms with van der Waals surface area (Å²) >= 11 is 0. The Kier molecular flexibility index (Phi) is 4.30. The molecule has 1 aromatic rings. The lowest BCUT2D eigenvalue weighted by molar-refractivity contribution is -0.138. The van der Waals surface area contributed by atoms with E-state index in [1.807, 2.05) is 0 Å². The summed E-state index contributed by atoms with van der Waals surface area (Å²) in [6.07, 6.45) is -4.92. The predicted octanol–water partition coefficient (Wildman–Crippen LogP) is 1.52. The van der Waals surface area contributed by atoms with Gasteiger partial charge >= 0.3 is 6.18 Å². The molecule has 0 aliphatic rings. The molecule has 0 atom stereocenters. The molecular weight excluding hydrogens is 247 g/mol. The van der Waals surface area contributed by atoms with Crippen LogP contribution in [0, 0.1) is 5.41 Å². The second-order valence-corrected chi connectivity index (χ2v) is 3.50. The minimum atomic E-state index is -4.49. The van der Waals surface area contributed by atoms with Gasteiger partial charge in [-0.3, -0.25) is 15.5 Å². The van der Waals surface area contributed by atoms with Gasteiger partial charge in [-0.15, -0.1) is 0 Å². The van der Waals surface area contributed by atoms with Crippen LogP contribution in [0.4, 0.5) is 13.2 Å². The molecule has 0 aliphatic heterocycles. The van der Waals surface area contributed by atoms with Gasteiger partial charge < -0.3 is 5.32 Å². The van der Waals surface area contributed by atoms with Crippen LogP contribution >= 0.6 is 0 Å². The van der Waals surface area contributed by atoms with Crippen LogP contribution in [0.2, 0.25) is 0 Å². The van der Waals surface area contributed by atoms with E-state index in [1.54, 1.807) is 0 Å². The Labute approximate surface area is 102 Å². The average molecular weight is 259 g/mol. The fourth-order valence-corrected chi connectivity index (χ4v) is 1.37. The smallest absolute Gasteiger partial charge is 0.359 e. The summed E-state index contributed by atoms with van der Waals surface area (Å²) in [6.45, 7) is 0. The third-order valence-corrected chi connectivity index (χ3v) is 2.19. The second kappa shape index (κ2) is 5.52. The van der Waals surface area contributed by atoms with E-state index in [-0.39, 0.29) is 11.5 Å². The van der Waals surface area contributed by atoms with Crippen LogP contribution < -0.4 is 10.6 Å². The van der Waals surface area contributed by atoms with Crippen molar-refractivity contribution in [2.45, 2.75) is 12.6 Å². The van der Waals surface area contributed by atoms with Crippen molar-refractivity contribution in [3.63, 3.8) is 0 Å². The van der Waals surface area contributed by atoms with Crippen molar-refractivity contribution in [2.24, 2.45) is 0 Å². The van der Waals surface area contributed by atoms with Crippen molar-refractivity contribution < 1.29 is 18.0 Å². The lowest BCUT2D eigenvalue weighted by Crippen LogP contribution is -2.39. The summed E-state index contributed by atoms with van der Waals surface area (Å²) in [7, 11) is 1.42. The van der Waals surface area contributed by atoms with E-state index in [0.717, 1.165) is 6.07 Å². The molecule has 0 fully saturated rings. The maximum atomic E-state index is 12.6. The average Bonchev–Trinajstić information content (AvgIpc) is 2.27. The Morgan fingerprint density at radius 2 is 1.94 bits per heavy atom. The highest BCUT2D eigenvalue weighted by Crippen LogP contribution is 2.31. The quantitative estimate of drug-likeness (QED) is 0.557. The third-order valence-electron chi connectivity index (χ3n) is 2.19. The Morgan fingerprint density at radius 3 is 2.50 bits per heavy atom. The molecule has 1 rings (SSSR count). The summed E-state index contributed by atoms with van der Waals surface area (Å²) in [5, 5.41) is 11.6. The van der Waals surface area contributed by atoms with Crippen LogP contribution in [-0.2, 0) is 17.4 Å². The molecule has 1 amide bonds. The van der Waals surface area contributed by atoms with Gasteiger partial charge in [0.2, 0.25) is 5.91 Å². The Morgan fingerprint density at radius 1 is 1.33 bits per heavy atom. The number of nitrogens with one attached hydrogen (secondary N) is 3. The molecule has 1 aromatic carbocycles. The summed E-state index contributed by atoms with van der Waals surface area (Å²) in [6, 6.07) is 4.86. The third kappa shape index (κ3) is 3.76. The van der Waals surface area contributed by atoms with Crippen molar-refractivity contribution in [1.82, 2.24) is 10.6 Å². The first-order chi connectivity index (χ1) is 8.34. The van der Waals surface area contributed by atoms with Crippen LogP contribution in [-0.4, -0.2) is 18.9 Å². The van der Waals surface area contributed by atoms with E-state index in [1.165, 1.54) is 25.2 Å². The van der Waals surface area contributed by atoms with Gasteiger partial charge in [-0.1, -0.05) is 18.2 Å². The van der Waals surface area contributed by atoms with Crippen molar-refractivity contribution in [3.05, 3.63) is 35.4 Å². The maximum absolute atomic E-state index is 12.6. The SMILES string of the molecule is CNC(=N)NC(=O)Cc1ccccc1C(F)(F)F. The normalized spacial score (nSPS) is 10.9. The zero-order chi connectivity index (χ0) is 13.8. The predicted molar refractivity (Wildman–Crippen MR) is 60.1 cm³/mol. The number of carbonyl (C=O) groups excluding carboxylic acids is 1. The first-order valence-electron chi connectivity index (χ1n) is 5.06. The maximum Gasteiger partial charge on any atom is 0.416 e. The number of alkyl halides is 3. The molecule has 3 N–H and O–H groups in total. The molecule has 0 aliphatic carbocycles. The second-order valence-electron chi connectivity index (χ2n) is 3.50. The molecule has 0 saturated heterocycles. The summed E-state index contributed by atoms with van der Waals surface area (Å²) in [5.41, 5.74) is -0.956. The van der Waals surface area contributed by atoms with Crippen LogP contribution in [0.3, 0.4) is 0 Å². The van der Waals surface area contributed by atoms with Crippen molar-refractivity contribution in [1.29, 1.82) is 5.41 Å².